The summed E-state index contributed by atoms with van der Waals surface area (Å²) in [5.74, 6) is -0.416. The van der Waals surface area contributed by atoms with Gasteiger partial charge in [-0.3, -0.25) is 9.36 Å². The Bertz CT molecular complexity index is 1280. The molecule has 2 aromatic carbocycles. The van der Waals surface area contributed by atoms with Crippen molar-refractivity contribution in [3.8, 4) is 0 Å². The molecule has 2 N–H and O–H groups in total. The number of carbonyl (C=O) groups excluding carboxylic acids is 1. The molecule has 0 saturated heterocycles. The first-order chi connectivity index (χ1) is 14.6. The van der Waals surface area contributed by atoms with E-state index in [0.29, 0.717) is 23.4 Å². The van der Waals surface area contributed by atoms with Crippen molar-refractivity contribution in [2.75, 3.05) is 17.3 Å². The van der Waals surface area contributed by atoms with E-state index in [1.165, 1.54) is 41.6 Å². The molecule has 3 aromatic rings. The van der Waals surface area contributed by atoms with Gasteiger partial charge in [0, 0.05) is 18.8 Å². The summed E-state index contributed by atoms with van der Waals surface area (Å²) >= 11 is 1.52. The first-order valence-corrected chi connectivity index (χ1v) is 12.5. The third kappa shape index (κ3) is 5.20. The van der Waals surface area contributed by atoms with Crippen LogP contribution >= 0.6 is 11.8 Å². The molecule has 1 unspecified atom stereocenters. The number of rotatable bonds is 8. The Balaban J connectivity index is 1.86. The second-order valence-electron chi connectivity index (χ2n) is 7.32. The zero-order chi connectivity index (χ0) is 22.8. The fourth-order valence-corrected chi connectivity index (χ4v) is 4.91. The number of aromatic nitrogens is 1. The van der Waals surface area contributed by atoms with Crippen LogP contribution in [0.1, 0.15) is 17.5 Å². The van der Waals surface area contributed by atoms with Crippen LogP contribution in [0.25, 0.3) is 11.1 Å². The first-order valence-electron chi connectivity index (χ1n) is 9.61. The van der Waals surface area contributed by atoms with Gasteiger partial charge in [0.25, 0.3) is 0 Å². The molecule has 0 fully saturated rings. The van der Waals surface area contributed by atoms with E-state index in [1.54, 1.807) is 6.07 Å². The van der Waals surface area contributed by atoms with Crippen LogP contribution in [0.15, 0.2) is 50.5 Å². The molecular formula is C21H25N3O5S2. The van der Waals surface area contributed by atoms with Crippen molar-refractivity contribution < 1.29 is 17.6 Å². The summed E-state index contributed by atoms with van der Waals surface area (Å²) in [5, 5.41) is 2.82. The summed E-state index contributed by atoms with van der Waals surface area (Å²) in [6.07, 6.45) is 2.21. The molecule has 1 heterocycles. The van der Waals surface area contributed by atoms with Crippen LogP contribution in [0.5, 0.6) is 0 Å². The number of hydrogen-bond acceptors (Lipinski definition) is 6. The van der Waals surface area contributed by atoms with E-state index in [4.69, 9.17) is 4.42 Å². The van der Waals surface area contributed by atoms with E-state index in [1.807, 2.05) is 32.2 Å². The first kappa shape index (κ1) is 23.1. The Kier molecular flexibility index (Phi) is 6.93. The summed E-state index contributed by atoms with van der Waals surface area (Å²) in [6.45, 7) is 3.84. The minimum atomic E-state index is -4.03. The third-order valence-electron chi connectivity index (χ3n) is 4.94. The Hall–Kier alpha value is -2.56. The maximum atomic E-state index is 13.0. The van der Waals surface area contributed by atoms with Gasteiger partial charge in [-0.05, 0) is 56.0 Å². The minimum Gasteiger partial charge on any atom is -0.408 e. The van der Waals surface area contributed by atoms with Gasteiger partial charge in [-0.1, -0.05) is 17.7 Å². The number of sulfonamides is 1. The lowest BCUT2D eigenvalue weighted by Gasteiger charge is -2.19. The van der Waals surface area contributed by atoms with Crippen molar-refractivity contribution in [3.63, 3.8) is 0 Å². The quantitative estimate of drug-likeness (QED) is 0.532. The molecule has 0 aliphatic heterocycles. The molecule has 8 nitrogen and oxygen atoms in total. The average Bonchev–Trinajstić information content (AvgIpc) is 3.00. The van der Waals surface area contributed by atoms with E-state index < -0.39 is 27.7 Å². The Morgan fingerprint density at radius 1 is 1.19 bits per heavy atom. The monoisotopic (exact) mass is 463 g/mol. The fourth-order valence-electron chi connectivity index (χ4n) is 3.19. The lowest BCUT2D eigenvalue weighted by atomic mass is 10.1. The molecule has 0 aliphatic rings. The van der Waals surface area contributed by atoms with Crippen molar-refractivity contribution in [2.24, 2.45) is 7.05 Å². The van der Waals surface area contributed by atoms with Crippen LogP contribution in [0, 0.1) is 13.8 Å². The van der Waals surface area contributed by atoms with Gasteiger partial charge in [0.2, 0.25) is 15.9 Å². The van der Waals surface area contributed by atoms with Crippen molar-refractivity contribution in [1.82, 2.24) is 9.29 Å². The SMILES string of the molecule is CSCCC(NS(=O)(=O)c1ccc2c(c1)oc(=O)n2C)C(=O)Nc1ccc(C)cc1C. The van der Waals surface area contributed by atoms with Gasteiger partial charge in [0.05, 0.1) is 10.4 Å². The lowest BCUT2D eigenvalue weighted by molar-refractivity contribution is -0.117. The second kappa shape index (κ2) is 9.29. The van der Waals surface area contributed by atoms with E-state index in [2.05, 4.69) is 10.0 Å². The summed E-state index contributed by atoms with van der Waals surface area (Å²) < 4.78 is 34.8. The largest absolute Gasteiger partial charge is 0.419 e. The summed E-state index contributed by atoms with van der Waals surface area (Å²) in [5.41, 5.74) is 3.24. The van der Waals surface area contributed by atoms with Crippen molar-refractivity contribution >= 4 is 44.5 Å². The van der Waals surface area contributed by atoms with Gasteiger partial charge in [-0.15, -0.1) is 0 Å². The van der Waals surface area contributed by atoms with Gasteiger partial charge in [-0.25, -0.2) is 13.2 Å². The van der Waals surface area contributed by atoms with E-state index >= 15 is 0 Å². The van der Waals surface area contributed by atoms with Gasteiger partial charge in [0.1, 0.15) is 6.04 Å². The molecule has 1 aromatic heterocycles. The second-order valence-corrected chi connectivity index (χ2v) is 10.0. The number of oxazole rings is 1. The molecule has 0 aliphatic carbocycles. The highest BCUT2D eigenvalue weighted by molar-refractivity contribution is 7.98. The van der Waals surface area contributed by atoms with Crippen LogP contribution in [0.3, 0.4) is 0 Å². The van der Waals surface area contributed by atoms with E-state index in [9.17, 15) is 18.0 Å². The number of anilines is 1. The van der Waals surface area contributed by atoms with Crippen LogP contribution in [0.2, 0.25) is 0 Å². The molecular weight excluding hydrogens is 438 g/mol. The predicted octanol–water partition coefficient (Wildman–Crippen LogP) is 2.79. The molecule has 0 bridgehead atoms. The molecule has 3 rings (SSSR count). The zero-order valence-corrected chi connectivity index (χ0v) is 19.4. The number of amides is 1. The fraction of sp³-hybridized carbons (Fsp3) is 0.333. The van der Waals surface area contributed by atoms with Crippen LogP contribution in [-0.4, -0.2) is 36.9 Å². The molecule has 0 saturated carbocycles. The van der Waals surface area contributed by atoms with Gasteiger partial charge in [0.15, 0.2) is 5.58 Å². The number of thioether (sulfide) groups is 1. The smallest absolute Gasteiger partial charge is 0.408 e. The lowest BCUT2D eigenvalue weighted by Crippen LogP contribution is -2.44. The molecule has 31 heavy (non-hydrogen) atoms. The Morgan fingerprint density at radius 3 is 2.61 bits per heavy atom. The molecule has 0 spiro atoms. The predicted molar refractivity (Wildman–Crippen MR) is 123 cm³/mol. The maximum Gasteiger partial charge on any atom is 0.419 e. The van der Waals surface area contributed by atoms with E-state index in [-0.39, 0.29) is 10.5 Å². The highest BCUT2D eigenvalue weighted by atomic mass is 32.2. The molecule has 166 valence electrons. The van der Waals surface area contributed by atoms with E-state index in [0.717, 1.165) is 11.1 Å². The average molecular weight is 464 g/mol. The zero-order valence-electron chi connectivity index (χ0n) is 17.8. The number of benzene rings is 2. The molecule has 1 atom stereocenters. The maximum absolute atomic E-state index is 13.0. The van der Waals surface area contributed by atoms with Gasteiger partial charge in [-0.2, -0.15) is 16.5 Å². The van der Waals surface area contributed by atoms with Crippen LogP contribution in [0.4, 0.5) is 5.69 Å². The number of hydrogen-bond donors (Lipinski definition) is 2. The Labute approximate surface area is 185 Å². The van der Waals surface area contributed by atoms with Crippen molar-refractivity contribution in [1.29, 1.82) is 0 Å². The molecule has 10 heteroatoms. The number of nitrogens with zero attached hydrogens (tertiary/aromatic N) is 1. The Morgan fingerprint density at radius 2 is 1.94 bits per heavy atom. The van der Waals surface area contributed by atoms with Crippen molar-refractivity contribution in [3.05, 3.63) is 58.1 Å². The standard InChI is InChI=1S/C21H25N3O5S2/c1-13-5-7-16(14(2)11-13)22-20(25)17(9-10-30-4)23-31(27,28)15-6-8-18-19(12-15)29-21(26)24(18)3/h5-8,11-12,17,23H,9-10H2,1-4H3,(H,22,25). The number of fused-ring (bicyclic) bond motifs is 1. The number of carbonyl (C=O) groups is 1. The highest BCUT2D eigenvalue weighted by Crippen LogP contribution is 2.20. The van der Waals surface area contributed by atoms with Crippen LogP contribution in [-0.2, 0) is 21.9 Å². The van der Waals surface area contributed by atoms with Gasteiger partial charge >= 0.3 is 5.76 Å². The minimum absolute atomic E-state index is 0.0807. The summed E-state index contributed by atoms with van der Waals surface area (Å²) in [7, 11) is -2.49. The number of aryl methyl sites for hydroxylation is 3. The topological polar surface area (TPSA) is 110 Å². The molecule has 1 amide bonds. The van der Waals surface area contributed by atoms with Crippen LogP contribution < -0.4 is 15.8 Å². The highest BCUT2D eigenvalue weighted by Gasteiger charge is 2.26. The summed E-state index contributed by atoms with van der Waals surface area (Å²) in [6, 6.07) is 8.83. The molecule has 0 radical (unpaired) electrons. The normalized spacial score (nSPS) is 12.8. The van der Waals surface area contributed by atoms with Gasteiger partial charge < -0.3 is 9.73 Å². The van der Waals surface area contributed by atoms with Crippen molar-refractivity contribution in [2.45, 2.75) is 31.2 Å². The number of nitrogens with one attached hydrogen (secondary N) is 2. The third-order valence-corrected chi connectivity index (χ3v) is 7.05. The summed E-state index contributed by atoms with van der Waals surface area (Å²) in [4.78, 5) is 24.5.